The minimum atomic E-state index is -3.52. The van der Waals surface area contributed by atoms with E-state index in [0.717, 1.165) is 56.8 Å². The van der Waals surface area contributed by atoms with Crippen LogP contribution in [0.1, 0.15) is 46.2 Å². The second-order valence-electron chi connectivity index (χ2n) is 9.47. The molecule has 1 fully saturated rings. The van der Waals surface area contributed by atoms with Crippen molar-refractivity contribution >= 4 is 38.3 Å². The van der Waals surface area contributed by atoms with Gasteiger partial charge in [0.25, 0.3) is 5.91 Å². The average Bonchev–Trinajstić information content (AvgIpc) is 3.42. The zero-order valence-corrected chi connectivity index (χ0v) is 22.8. The second kappa shape index (κ2) is 10.1. The molecule has 3 aromatic heterocycles. The van der Waals surface area contributed by atoms with E-state index in [1.165, 1.54) is 17.5 Å². The van der Waals surface area contributed by atoms with E-state index in [0.29, 0.717) is 10.8 Å². The molecule has 0 unspecified atom stereocenters. The van der Waals surface area contributed by atoms with E-state index in [1.807, 2.05) is 55.6 Å². The monoisotopic (exact) mass is 549 g/mol. The number of carbonyl (C=O) groups excluding carboxylic acids is 2. The van der Waals surface area contributed by atoms with E-state index in [-0.39, 0.29) is 18.0 Å². The maximum Gasteiger partial charge on any atom is 0.253 e. The van der Waals surface area contributed by atoms with E-state index < -0.39 is 21.8 Å². The van der Waals surface area contributed by atoms with Crippen molar-refractivity contribution in [3.8, 4) is 22.4 Å². The lowest BCUT2D eigenvalue weighted by atomic mass is 10.0. The number of hydrogen-bond donors (Lipinski definition) is 2. The van der Waals surface area contributed by atoms with E-state index in [1.54, 1.807) is 6.07 Å². The largest absolute Gasteiger partial charge is 0.343 e. The maximum atomic E-state index is 12.6. The van der Waals surface area contributed by atoms with Crippen LogP contribution < -0.4 is 10.6 Å². The number of rotatable bonds is 8. The quantitative estimate of drug-likeness (QED) is 0.337. The number of aryl methyl sites for hydroxylation is 2. The Kier molecular flexibility index (Phi) is 6.89. The molecule has 0 atom stereocenters. The normalized spacial score (nSPS) is 13.3. The summed E-state index contributed by atoms with van der Waals surface area (Å²) in [6, 6.07) is 13.7. The van der Waals surface area contributed by atoms with Crippen molar-refractivity contribution < 1.29 is 18.0 Å². The summed E-state index contributed by atoms with van der Waals surface area (Å²) >= 11 is 1.29. The minimum absolute atomic E-state index is 0.146. The molecule has 2 amide bonds. The minimum Gasteiger partial charge on any atom is -0.343 e. The summed E-state index contributed by atoms with van der Waals surface area (Å²) in [7, 11) is -3.52. The molecule has 3 heterocycles. The van der Waals surface area contributed by atoms with Crippen LogP contribution >= 0.6 is 11.3 Å². The lowest BCUT2D eigenvalue weighted by Gasteiger charge is -2.06. The van der Waals surface area contributed by atoms with Gasteiger partial charge in [0.1, 0.15) is 0 Å². The van der Waals surface area contributed by atoms with Crippen LogP contribution in [0.15, 0.2) is 54.0 Å². The maximum absolute atomic E-state index is 12.6. The number of carbonyl (C=O) groups is 2. The zero-order valence-electron chi connectivity index (χ0n) is 21.2. The summed E-state index contributed by atoms with van der Waals surface area (Å²) in [5.41, 5.74) is 6.49. The van der Waals surface area contributed by atoms with Gasteiger partial charge in [-0.05, 0) is 62.1 Å². The Morgan fingerprint density at radius 1 is 1.03 bits per heavy atom. The smallest absolute Gasteiger partial charge is 0.253 e. The number of benzene rings is 1. The number of thiazole rings is 1. The summed E-state index contributed by atoms with van der Waals surface area (Å²) in [6.07, 6.45) is 4.21. The van der Waals surface area contributed by atoms with Crippen LogP contribution in [-0.2, 0) is 14.8 Å². The molecule has 38 heavy (non-hydrogen) atoms. The number of nitrogens with one attached hydrogen (secondary N) is 2. The van der Waals surface area contributed by atoms with Crippen molar-refractivity contribution in [2.75, 3.05) is 18.1 Å². The lowest BCUT2D eigenvalue weighted by Crippen LogP contribution is -2.32. The van der Waals surface area contributed by atoms with Crippen LogP contribution in [0, 0.1) is 13.8 Å². The van der Waals surface area contributed by atoms with Crippen LogP contribution in [0.5, 0.6) is 0 Å². The van der Waals surface area contributed by atoms with Crippen LogP contribution in [0.4, 0.5) is 5.13 Å². The van der Waals surface area contributed by atoms with E-state index in [2.05, 4.69) is 20.6 Å². The number of amides is 2. The van der Waals surface area contributed by atoms with Crippen molar-refractivity contribution in [1.29, 1.82) is 0 Å². The van der Waals surface area contributed by atoms with Gasteiger partial charge in [0, 0.05) is 40.1 Å². The first-order valence-electron chi connectivity index (χ1n) is 12.1. The predicted octanol–water partition coefficient (Wildman–Crippen LogP) is 4.34. The highest BCUT2D eigenvalue weighted by Crippen LogP contribution is 2.41. The van der Waals surface area contributed by atoms with Gasteiger partial charge in [0.2, 0.25) is 15.9 Å². The van der Waals surface area contributed by atoms with Gasteiger partial charge >= 0.3 is 0 Å². The van der Waals surface area contributed by atoms with Gasteiger partial charge < -0.3 is 10.6 Å². The summed E-state index contributed by atoms with van der Waals surface area (Å²) in [5.74, 6) is -0.796. The molecule has 1 saturated carbocycles. The van der Waals surface area contributed by atoms with Crippen molar-refractivity contribution in [3.05, 3.63) is 76.7 Å². The molecule has 5 rings (SSSR count). The number of anilines is 1. The molecule has 1 aliphatic rings. The van der Waals surface area contributed by atoms with Gasteiger partial charge in [-0.15, -0.1) is 11.3 Å². The van der Waals surface area contributed by atoms with Gasteiger partial charge in [-0.25, -0.2) is 17.4 Å². The molecule has 0 saturated heterocycles. The molecule has 0 spiro atoms. The first-order valence-corrected chi connectivity index (χ1v) is 14.8. The van der Waals surface area contributed by atoms with E-state index >= 15 is 0 Å². The topological polar surface area (TPSA) is 123 Å². The molecule has 9 nitrogen and oxygen atoms in total. The van der Waals surface area contributed by atoms with Crippen molar-refractivity contribution in [3.63, 3.8) is 0 Å². The first kappa shape index (κ1) is 25.8. The van der Waals surface area contributed by atoms with E-state index in [4.69, 9.17) is 0 Å². The van der Waals surface area contributed by atoms with Gasteiger partial charge in [-0.3, -0.25) is 14.6 Å². The van der Waals surface area contributed by atoms with Crippen LogP contribution in [-0.4, -0.2) is 47.0 Å². The van der Waals surface area contributed by atoms with Gasteiger partial charge in [0.15, 0.2) is 5.13 Å². The van der Waals surface area contributed by atoms with Crippen LogP contribution in [0.2, 0.25) is 0 Å². The summed E-state index contributed by atoms with van der Waals surface area (Å²) < 4.78 is 25.3. The summed E-state index contributed by atoms with van der Waals surface area (Å²) in [5, 5.41) is 7.55. The fraction of sp³-hybridized carbons (Fsp3) is 0.259. The number of hydrogen-bond acceptors (Lipinski definition) is 7. The Hall–Kier alpha value is -3.83. The lowest BCUT2D eigenvalue weighted by molar-refractivity contribution is -0.115. The number of pyridine rings is 1. The van der Waals surface area contributed by atoms with Gasteiger partial charge in [-0.1, -0.05) is 18.2 Å². The summed E-state index contributed by atoms with van der Waals surface area (Å²) in [4.78, 5) is 34.1. The molecule has 4 aromatic rings. The molecular formula is C27H27N5O4S2. The Labute approximate surface area is 225 Å². The number of aromatic nitrogens is 3. The Morgan fingerprint density at radius 3 is 2.42 bits per heavy atom. The molecule has 196 valence electrons. The molecule has 1 aromatic carbocycles. The standard InChI is InChI=1S/C27H27N5O4S2/c1-16-9-21(10-17(2)29-16)19-5-4-6-20(11-19)23-15-37-27(30-23)31-25(33)13-28-26(34)22-12-24(18-7-8-18)32(14-22)38(3,35)36/h4-6,9-12,14-15,18H,7-8,13H2,1-3H3,(H,28,34)(H,30,31,33). The third-order valence-corrected chi connectivity index (χ3v) is 7.95. The Morgan fingerprint density at radius 2 is 1.74 bits per heavy atom. The number of nitrogens with zero attached hydrogens (tertiary/aromatic N) is 3. The molecule has 2 N–H and O–H groups in total. The molecular weight excluding hydrogens is 522 g/mol. The zero-order chi connectivity index (χ0) is 27.0. The third-order valence-electron chi connectivity index (χ3n) is 6.16. The highest BCUT2D eigenvalue weighted by Gasteiger charge is 2.30. The molecule has 11 heteroatoms. The third kappa shape index (κ3) is 5.84. The summed E-state index contributed by atoms with van der Waals surface area (Å²) in [6.45, 7) is 3.66. The fourth-order valence-corrected chi connectivity index (χ4v) is 5.92. The van der Waals surface area contributed by atoms with Crippen molar-refractivity contribution in [1.82, 2.24) is 19.3 Å². The fourth-order valence-electron chi connectivity index (χ4n) is 4.30. The highest BCUT2D eigenvalue weighted by atomic mass is 32.2. The van der Waals surface area contributed by atoms with E-state index in [9.17, 15) is 18.0 Å². The van der Waals surface area contributed by atoms with Gasteiger partial charge in [0.05, 0.1) is 24.1 Å². The predicted molar refractivity (Wildman–Crippen MR) is 148 cm³/mol. The molecule has 1 aliphatic carbocycles. The SMILES string of the molecule is Cc1cc(-c2cccc(-c3csc(NC(=O)CNC(=O)c4cc(C5CC5)n(S(C)(=O)=O)c4)n3)c2)cc(C)n1. The van der Waals surface area contributed by atoms with Gasteiger partial charge in [-0.2, -0.15) is 0 Å². The Balaban J connectivity index is 1.22. The Bertz CT molecular complexity index is 1630. The highest BCUT2D eigenvalue weighted by molar-refractivity contribution is 7.89. The van der Waals surface area contributed by atoms with Crippen molar-refractivity contribution in [2.24, 2.45) is 0 Å². The molecule has 0 radical (unpaired) electrons. The average molecular weight is 550 g/mol. The van der Waals surface area contributed by atoms with Crippen LogP contribution in [0.25, 0.3) is 22.4 Å². The molecule has 0 bridgehead atoms. The first-order chi connectivity index (χ1) is 18.1. The van der Waals surface area contributed by atoms with Crippen molar-refractivity contribution in [2.45, 2.75) is 32.6 Å². The second-order valence-corrected chi connectivity index (χ2v) is 12.2. The van der Waals surface area contributed by atoms with Crippen LogP contribution in [0.3, 0.4) is 0 Å². The molecule has 0 aliphatic heterocycles.